The molecule has 2 heterocycles. The number of ether oxygens (including phenoxy) is 2. The summed E-state index contributed by atoms with van der Waals surface area (Å²) < 4.78 is 10.8. The van der Waals surface area contributed by atoms with E-state index in [-0.39, 0.29) is 17.5 Å². The molecule has 6 heteroatoms. The van der Waals surface area contributed by atoms with Crippen molar-refractivity contribution >= 4 is 6.03 Å². The van der Waals surface area contributed by atoms with Crippen LogP contribution < -0.4 is 10.1 Å². The number of carbonyl (C=O) groups is 1. The van der Waals surface area contributed by atoms with E-state index in [2.05, 4.69) is 22.3 Å². The van der Waals surface area contributed by atoms with E-state index >= 15 is 0 Å². The van der Waals surface area contributed by atoms with Crippen molar-refractivity contribution in [2.75, 3.05) is 53.0 Å². The fourth-order valence-electron chi connectivity index (χ4n) is 4.37. The van der Waals surface area contributed by atoms with Gasteiger partial charge in [-0.2, -0.15) is 0 Å². The number of morpholine rings is 1. The highest BCUT2D eigenvalue weighted by Crippen LogP contribution is 2.46. The van der Waals surface area contributed by atoms with Crippen molar-refractivity contribution < 1.29 is 14.3 Å². The quantitative estimate of drug-likeness (QED) is 0.833. The van der Waals surface area contributed by atoms with Crippen LogP contribution in [0, 0.1) is 5.41 Å². The smallest absolute Gasteiger partial charge is 0.317 e. The molecule has 1 aromatic carbocycles. The van der Waals surface area contributed by atoms with Gasteiger partial charge in [-0.3, -0.25) is 4.90 Å². The van der Waals surface area contributed by atoms with Crippen LogP contribution in [0.15, 0.2) is 24.3 Å². The largest absolute Gasteiger partial charge is 0.497 e. The Balaban J connectivity index is 1.33. The number of amides is 2. The minimum atomic E-state index is 0.0774. The van der Waals surface area contributed by atoms with Crippen LogP contribution in [0.2, 0.25) is 0 Å². The molecule has 148 valence electrons. The molecule has 0 bridgehead atoms. The van der Waals surface area contributed by atoms with Gasteiger partial charge in [0.25, 0.3) is 0 Å². The molecule has 2 saturated heterocycles. The Hall–Kier alpha value is -1.79. The van der Waals surface area contributed by atoms with Crippen molar-refractivity contribution in [3.63, 3.8) is 0 Å². The van der Waals surface area contributed by atoms with Gasteiger partial charge >= 0.3 is 6.03 Å². The zero-order valence-corrected chi connectivity index (χ0v) is 16.3. The summed E-state index contributed by atoms with van der Waals surface area (Å²) in [7, 11) is 1.68. The highest BCUT2D eigenvalue weighted by Gasteiger charge is 2.44. The molecule has 1 aromatic rings. The summed E-state index contributed by atoms with van der Waals surface area (Å²) >= 11 is 0. The monoisotopic (exact) mass is 373 g/mol. The Bertz CT molecular complexity index is 656. The minimum absolute atomic E-state index is 0.0774. The van der Waals surface area contributed by atoms with Gasteiger partial charge in [-0.15, -0.1) is 0 Å². The van der Waals surface area contributed by atoms with Crippen molar-refractivity contribution in [2.24, 2.45) is 5.41 Å². The molecule has 1 atom stereocenters. The lowest BCUT2D eigenvalue weighted by Crippen LogP contribution is -2.46. The van der Waals surface area contributed by atoms with Crippen LogP contribution in [0.3, 0.4) is 0 Å². The first kappa shape index (κ1) is 18.6. The molecule has 3 aliphatic rings. The van der Waals surface area contributed by atoms with Gasteiger partial charge in [-0.05, 0) is 43.4 Å². The molecule has 6 nitrogen and oxygen atoms in total. The van der Waals surface area contributed by atoms with Crippen molar-refractivity contribution in [1.82, 2.24) is 15.1 Å². The number of rotatable bonds is 6. The third kappa shape index (κ3) is 4.38. The van der Waals surface area contributed by atoms with Crippen LogP contribution in [0.25, 0.3) is 0 Å². The van der Waals surface area contributed by atoms with Crippen LogP contribution >= 0.6 is 0 Å². The third-order valence-electron chi connectivity index (χ3n) is 6.23. The van der Waals surface area contributed by atoms with Gasteiger partial charge in [0.05, 0.1) is 26.4 Å². The zero-order valence-electron chi connectivity index (χ0n) is 16.3. The Labute approximate surface area is 161 Å². The molecule has 0 aromatic heterocycles. The second-order valence-electron chi connectivity index (χ2n) is 8.18. The lowest BCUT2D eigenvalue weighted by molar-refractivity contribution is 0.0284. The second-order valence-corrected chi connectivity index (χ2v) is 8.18. The van der Waals surface area contributed by atoms with Crippen molar-refractivity contribution in [3.05, 3.63) is 29.8 Å². The number of likely N-dealkylation sites (tertiary alicyclic amines) is 1. The number of hydrogen-bond donors (Lipinski definition) is 1. The molecule has 1 aliphatic carbocycles. The second kappa shape index (κ2) is 8.07. The Morgan fingerprint density at radius 3 is 2.85 bits per heavy atom. The maximum absolute atomic E-state index is 12.9. The Morgan fingerprint density at radius 2 is 2.11 bits per heavy atom. The van der Waals surface area contributed by atoms with E-state index in [1.807, 2.05) is 17.0 Å². The molecular weight excluding hydrogens is 342 g/mol. The van der Waals surface area contributed by atoms with Gasteiger partial charge in [0, 0.05) is 38.1 Å². The molecule has 0 spiro atoms. The van der Waals surface area contributed by atoms with Crippen LogP contribution in [0.1, 0.15) is 37.3 Å². The summed E-state index contributed by atoms with van der Waals surface area (Å²) in [4.78, 5) is 17.4. The number of nitrogens with zero attached hydrogens (tertiary/aromatic N) is 2. The van der Waals surface area contributed by atoms with E-state index in [0.29, 0.717) is 0 Å². The number of methoxy groups -OCH3 is 1. The van der Waals surface area contributed by atoms with Crippen LogP contribution in [0.5, 0.6) is 5.75 Å². The molecule has 2 aliphatic heterocycles. The number of urea groups is 1. The first-order valence-corrected chi connectivity index (χ1v) is 10.2. The molecule has 0 unspecified atom stereocenters. The fourth-order valence-corrected chi connectivity index (χ4v) is 4.37. The molecular formula is C21H31N3O3. The lowest BCUT2D eigenvalue weighted by Gasteiger charge is -2.31. The number of benzene rings is 1. The van der Waals surface area contributed by atoms with Crippen molar-refractivity contribution in [2.45, 2.75) is 31.7 Å². The number of nitrogens with one attached hydrogen (secondary N) is 1. The van der Waals surface area contributed by atoms with Crippen LogP contribution in [-0.2, 0) is 4.74 Å². The lowest BCUT2D eigenvalue weighted by atomic mass is 10.0. The standard InChI is InChI=1S/C21H31N3O3/c1-26-18-5-2-4-17(14-18)19-6-3-9-24(19)20(25)22-15-21(7-8-21)16-23-10-12-27-13-11-23/h2,4-5,14,19H,3,6-13,15-16H2,1H3,(H,22,25)/t19-/m0/s1. The minimum Gasteiger partial charge on any atom is -0.497 e. The van der Waals surface area contributed by atoms with E-state index in [0.717, 1.165) is 70.1 Å². The summed E-state index contributed by atoms with van der Waals surface area (Å²) in [5.74, 6) is 0.849. The normalized spacial score (nSPS) is 24.6. The molecule has 1 N–H and O–H groups in total. The molecule has 3 fully saturated rings. The Morgan fingerprint density at radius 1 is 1.30 bits per heavy atom. The highest BCUT2D eigenvalue weighted by atomic mass is 16.5. The summed E-state index contributed by atoms with van der Waals surface area (Å²) in [5, 5.41) is 3.24. The average molecular weight is 373 g/mol. The van der Waals surface area contributed by atoms with Gasteiger partial charge in [0.2, 0.25) is 0 Å². The van der Waals surface area contributed by atoms with Gasteiger partial charge in [-0.1, -0.05) is 12.1 Å². The predicted molar refractivity (Wildman–Crippen MR) is 104 cm³/mol. The molecule has 4 rings (SSSR count). The molecule has 27 heavy (non-hydrogen) atoms. The van der Waals surface area contributed by atoms with E-state index in [1.54, 1.807) is 7.11 Å². The highest BCUT2D eigenvalue weighted by molar-refractivity contribution is 5.75. The fraction of sp³-hybridized carbons (Fsp3) is 0.667. The van der Waals surface area contributed by atoms with Crippen LogP contribution in [-0.4, -0.2) is 68.9 Å². The summed E-state index contributed by atoms with van der Waals surface area (Å²) in [5.41, 5.74) is 1.44. The average Bonchev–Trinajstić information content (AvgIpc) is 3.29. The van der Waals surface area contributed by atoms with Crippen LogP contribution in [0.4, 0.5) is 4.79 Å². The summed E-state index contributed by atoms with van der Waals surface area (Å²) in [6.07, 6.45) is 4.49. The van der Waals surface area contributed by atoms with E-state index in [4.69, 9.17) is 9.47 Å². The van der Waals surface area contributed by atoms with Gasteiger partial charge < -0.3 is 19.7 Å². The molecule has 0 radical (unpaired) electrons. The van der Waals surface area contributed by atoms with E-state index < -0.39 is 0 Å². The SMILES string of the molecule is COc1cccc([C@@H]2CCCN2C(=O)NCC2(CN3CCOCC3)CC2)c1. The maximum Gasteiger partial charge on any atom is 0.317 e. The first-order chi connectivity index (χ1) is 13.2. The molecule has 1 saturated carbocycles. The first-order valence-electron chi connectivity index (χ1n) is 10.2. The maximum atomic E-state index is 12.9. The number of hydrogen-bond acceptors (Lipinski definition) is 4. The zero-order chi connectivity index (χ0) is 18.7. The van der Waals surface area contributed by atoms with Crippen molar-refractivity contribution in [3.8, 4) is 5.75 Å². The summed E-state index contributed by atoms with van der Waals surface area (Å²) in [6.45, 7) is 6.38. The third-order valence-corrected chi connectivity index (χ3v) is 6.23. The van der Waals surface area contributed by atoms with Gasteiger partial charge in [0.15, 0.2) is 0 Å². The number of carbonyl (C=O) groups excluding carboxylic acids is 1. The van der Waals surface area contributed by atoms with E-state index in [9.17, 15) is 4.79 Å². The predicted octanol–water partition coefficient (Wildman–Crippen LogP) is 2.65. The Kier molecular flexibility index (Phi) is 5.55. The van der Waals surface area contributed by atoms with E-state index in [1.165, 1.54) is 12.8 Å². The van der Waals surface area contributed by atoms with Crippen molar-refractivity contribution in [1.29, 1.82) is 0 Å². The van der Waals surface area contributed by atoms with Gasteiger partial charge in [0.1, 0.15) is 5.75 Å². The molecule has 2 amide bonds. The van der Waals surface area contributed by atoms with Gasteiger partial charge in [-0.25, -0.2) is 4.79 Å². The summed E-state index contributed by atoms with van der Waals surface area (Å²) in [6, 6.07) is 8.33. The topological polar surface area (TPSA) is 54.0 Å².